The fraction of sp³-hybridized carbons (Fsp3) is 0.450. The van der Waals surface area contributed by atoms with Crippen LogP contribution in [0.4, 0.5) is 17.5 Å². The second-order valence-corrected chi connectivity index (χ2v) is 7.37. The van der Waals surface area contributed by atoms with Crippen LogP contribution in [0, 0.1) is 0 Å². The van der Waals surface area contributed by atoms with Gasteiger partial charge in [0.15, 0.2) is 5.82 Å². The molecule has 7 nitrogen and oxygen atoms in total. The minimum Gasteiger partial charge on any atom is -0.367 e. The van der Waals surface area contributed by atoms with Gasteiger partial charge in [0.05, 0.1) is 6.20 Å². The molecule has 8 heteroatoms. The summed E-state index contributed by atoms with van der Waals surface area (Å²) in [5, 5.41) is 9.47. The maximum absolute atomic E-state index is 10.9. The number of hydrogen-bond acceptors (Lipinski definition) is 6. The Bertz CT molecular complexity index is 777. The number of nitrogens with zero attached hydrogens (tertiary/aromatic N) is 3. The van der Waals surface area contributed by atoms with Gasteiger partial charge in [-0.3, -0.25) is 9.69 Å². The van der Waals surface area contributed by atoms with Gasteiger partial charge in [0.1, 0.15) is 5.02 Å². The third kappa shape index (κ3) is 6.35. The summed E-state index contributed by atoms with van der Waals surface area (Å²) in [6, 6.07) is 8.36. The van der Waals surface area contributed by atoms with Crippen LogP contribution >= 0.6 is 11.6 Å². The molecule has 0 atom stereocenters. The predicted molar refractivity (Wildman–Crippen MR) is 113 cm³/mol. The minimum atomic E-state index is -0.0679. The Morgan fingerprint density at radius 3 is 2.61 bits per heavy atom. The van der Waals surface area contributed by atoms with Crippen molar-refractivity contribution in [3.05, 3.63) is 41.0 Å². The second-order valence-electron chi connectivity index (χ2n) is 6.96. The van der Waals surface area contributed by atoms with Crippen LogP contribution in [0.5, 0.6) is 0 Å². The van der Waals surface area contributed by atoms with Crippen LogP contribution in [0.25, 0.3) is 0 Å². The van der Waals surface area contributed by atoms with Gasteiger partial charge in [-0.2, -0.15) is 4.98 Å². The van der Waals surface area contributed by atoms with Crippen LogP contribution in [0.1, 0.15) is 31.7 Å². The first-order valence-corrected chi connectivity index (χ1v) is 10.1. The number of anilines is 3. The van der Waals surface area contributed by atoms with Crippen molar-refractivity contribution in [3.8, 4) is 0 Å². The van der Waals surface area contributed by atoms with Crippen molar-refractivity contribution in [3.63, 3.8) is 0 Å². The van der Waals surface area contributed by atoms with E-state index in [-0.39, 0.29) is 5.91 Å². The Kier molecular flexibility index (Phi) is 7.45. The van der Waals surface area contributed by atoms with E-state index in [1.807, 2.05) is 12.1 Å². The third-order valence-corrected chi connectivity index (χ3v) is 4.88. The van der Waals surface area contributed by atoms with Crippen LogP contribution in [0.3, 0.4) is 0 Å². The van der Waals surface area contributed by atoms with Gasteiger partial charge < -0.3 is 16.0 Å². The first-order chi connectivity index (χ1) is 13.6. The van der Waals surface area contributed by atoms with E-state index in [0.717, 1.165) is 12.2 Å². The molecular weight excluding hydrogens is 376 g/mol. The van der Waals surface area contributed by atoms with Crippen LogP contribution in [-0.2, 0) is 11.3 Å². The van der Waals surface area contributed by atoms with Gasteiger partial charge in [-0.1, -0.05) is 30.2 Å². The summed E-state index contributed by atoms with van der Waals surface area (Å²) in [5.41, 5.74) is 2.23. The van der Waals surface area contributed by atoms with Crippen molar-refractivity contribution in [1.82, 2.24) is 20.2 Å². The van der Waals surface area contributed by atoms with Crippen LogP contribution in [0.2, 0.25) is 5.02 Å². The van der Waals surface area contributed by atoms with Crippen LogP contribution in [-0.4, -0.2) is 47.0 Å². The number of nitrogens with one attached hydrogen (secondary N) is 3. The fourth-order valence-electron chi connectivity index (χ4n) is 3.17. The summed E-state index contributed by atoms with van der Waals surface area (Å²) in [6.07, 6.45) is 5.51. The Morgan fingerprint density at radius 2 is 1.89 bits per heavy atom. The van der Waals surface area contributed by atoms with Gasteiger partial charge in [0.25, 0.3) is 0 Å². The zero-order chi connectivity index (χ0) is 19.8. The predicted octanol–water partition coefficient (Wildman–Crippen LogP) is 3.41. The molecular formula is C20H27ClN6O. The monoisotopic (exact) mass is 402 g/mol. The number of carbonyl (C=O) groups excluding carboxylic acids is 1. The molecule has 1 amide bonds. The number of aromatic nitrogens is 2. The molecule has 2 heterocycles. The summed E-state index contributed by atoms with van der Waals surface area (Å²) in [6.45, 7) is 5.89. The molecule has 0 radical (unpaired) electrons. The van der Waals surface area contributed by atoms with Crippen LogP contribution < -0.4 is 16.0 Å². The van der Waals surface area contributed by atoms with Crippen molar-refractivity contribution >= 4 is 35.0 Å². The van der Waals surface area contributed by atoms with E-state index in [1.165, 1.54) is 44.8 Å². The van der Waals surface area contributed by atoms with Gasteiger partial charge in [0.2, 0.25) is 11.9 Å². The highest BCUT2D eigenvalue weighted by Gasteiger charge is 2.10. The van der Waals surface area contributed by atoms with Crippen molar-refractivity contribution in [1.29, 1.82) is 0 Å². The molecule has 0 saturated carbocycles. The number of benzene rings is 1. The number of amides is 1. The average molecular weight is 403 g/mol. The van der Waals surface area contributed by atoms with E-state index in [0.29, 0.717) is 29.9 Å². The number of halogens is 1. The lowest BCUT2D eigenvalue weighted by molar-refractivity contribution is -0.118. The molecule has 1 aliphatic heterocycles. The van der Waals surface area contributed by atoms with Gasteiger partial charge in [-0.15, -0.1) is 0 Å². The Labute approximate surface area is 170 Å². The lowest BCUT2D eigenvalue weighted by Gasteiger charge is -2.26. The van der Waals surface area contributed by atoms with Gasteiger partial charge in [0, 0.05) is 32.2 Å². The minimum absolute atomic E-state index is 0.0679. The van der Waals surface area contributed by atoms with E-state index in [2.05, 4.69) is 43.0 Å². The molecule has 1 fully saturated rings. The first-order valence-electron chi connectivity index (χ1n) is 9.69. The highest BCUT2D eigenvalue weighted by atomic mass is 35.5. The second kappa shape index (κ2) is 10.2. The normalized spacial score (nSPS) is 14.5. The maximum atomic E-state index is 10.9. The summed E-state index contributed by atoms with van der Waals surface area (Å²) >= 11 is 6.15. The van der Waals surface area contributed by atoms with Crippen molar-refractivity contribution in [2.75, 3.05) is 36.8 Å². The molecule has 1 aromatic carbocycles. The van der Waals surface area contributed by atoms with Crippen molar-refractivity contribution in [2.24, 2.45) is 0 Å². The van der Waals surface area contributed by atoms with Crippen molar-refractivity contribution in [2.45, 2.75) is 32.7 Å². The summed E-state index contributed by atoms with van der Waals surface area (Å²) < 4.78 is 0. The van der Waals surface area contributed by atoms with Crippen LogP contribution in [0.15, 0.2) is 30.5 Å². The van der Waals surface area contributed by atoms with E-state index < -0.39 is 0 Å². The number of rotatable bonds is 8. The molecule has 3 N–H and O–H groups in total. The fourth-order valence-corrected chi connectivity index (χ4v) is 3.33. The van der Waals surface area contributed by atoms with E-state index in [4.69, 9.17) is 11.6 Å². The Balaban J connectivity index is 1.55. The third-order valence-electron chi connectivity index (χ3n) is 4.60. The lowest BCUT2D eigenvalue weighted by Crippen LogP contribution is -2.29. The average Bonchev–Trinajstić information content (AvgIpc) is 2.69. The molecule has 2 aromatic rings. The number of piperidine rings is 1. The molecule has 1 aliphatic rings. The summed E-state index contributed by atoms with van der Waals surface area (Å²) in [4.78, 5) is 22.1. The number of hydrogen-bond donors (Lipinski definition) is 3. The quantitative estimate of drug-likeness (QED) is 0.587. The highest BCUT2D eigenvalue weighted by Crippen LogP contribution is 2.22. The molecule has 0 spiro atoms. The molecule has 0 bridgehead atoms. The Hall–Kier alpha value is -2.38. The van der Waals surface area contributed by atoms with E-state index >= 15 is 0 Å². The van der Waals surface area contributed by atoms with E-state index in [9.17, 15) is 4.79 Å². The molecule has 3 rings (SSSR count). The topological polar surface area (TPSA) is 82.2 Å². The zero-order valence-corrected chi connectivity index (χ0v) is 16.9. The molecule has 28 heavy (non-hydrogen) atoms. The number of carbonyl (C=O) groups is 1. The lowest BCUT2D eigenvalue weighted by atomic mass is 10.1. The highest BCUT2D eigenvalue weighted by molar-refractivity contribution is 6.32. The molecule has 1 saturated heterocycles. The van der Waals surface area contributed by atoms with Crippen molar-refractivity contribution < 1.29 is 4.79 Å². The summed E-state index contributed by atoms with van der Waals surface area (Å²) in [5.74, 6) is 0.933. The zero-order valence-electron chi connectivity index (χ0n) is 16.2. The molecule has 1 aromatic heterocycles. The standard InChI is InChI=1S/C20H27ClN6O/c1-15(28)22-9-10-23-19-18(21)13-24-20(26-19)25-17-7-5-16(6-8-17)14-27-11-3-2-4-12-27/h5-8,13H,2-4,9-12,14H2,1H3,(H,22,28)(H2,23,24,25,26). The number of likely N-dealkylation sites (tertiary alicyclic amines) is 1. The molecule has 0 unspecified atom stereocenters. The van der Waals surface area contributed by atoms with Gasteiger partial charge in [-0.25, -0.2) is 4.98 Å². The van der Waals surface area contributed by atoms with Gasteiger partial charge in [-0.05, 0) is 43.6 Å². The van der Waals surface area contributed by atoms with E-state index in [1.54, 1.807) is 6.20 Å². The summed E-state index contributed by atoms with van der Waals surface area (Å²) in [7, 11) is 0. The Morgan fingerprint density at radius 1 is 1.14 bits per heavy atom. The first kappa shape index (κ1) is 20.4. The smallest absolute Gasteiger partial charge is 0.229 e. The molecule has 150 valence electrons. The van der Waals surface area contributed by atoms with Gasteiger partial charge >= 0.3 is 0 Å². The maximum Gasteiger partial charge on any atom is 0.229 e. The molecule has 0 aliphatic carbocycles. The largest absolute Gasteiger partial charge is 0.367 e. The SMILES string of the molecule is CC(=O)NCCNc1nc(Nc2ccc(CN3CCCCC3)cc2)ncc1Cl.